The number of hydrogen-bond acceptors (Lipinski definition) is 6. The van der Waals surface area contributed by atoms with Gasteiger partial charge >= 0.3 is 0 Å². The van der Waals surface area contributed by atoms with Crippen LogP contribution in [-0.2, 0) is 16.6 Å². The summed E-state index contributed by atoms with van der Waals surface area (Å²) in [5, 5.41) is 13.4. The Morgan fingerprint density at radius 1 is 1.07 bits per heavy atom. The van der Waals surface area contributed by atoms with E-state index in [9.17, 15) is 23.3 Å². The standard InChI is InChI=1S/C18H15N3O6S/c22-18(13-4-1-6-15(10-13)21(23)24)20-14-5-2-8-17(11-14)28(25,26)19-12-16-7-3-9-27-16/h1-11,19H,12H2,(H,20,22). The number of carbonyl (C=O) groups is 1. The Morgan fingerprint density at radius 3 is 2.57 bits per heavy atom. The van der Waals surface area contributed by atoms with Gasteiger partial charge in [-0.05, 0) is 36.4 Å². The maximum atomic E-state index is 12.4. The van der Waals surface area contributed by atoms with Crippen LogP contribution < -0.4 is 10.0 Å². The number of carbonyl (C=O) groups excluding carboxylic acids is 1. The van der Waals surface area contributed by atoms with Gasteiger partial charge in [-0.3, -0.25) is 14.9 Å². The first-order valence-corrected chi connectivity index (χ1v) is 9.51. The second kappa shape index (κ2) is 8.03. The predicted octanol–water partition coefficient (Wildman–Crippen LogP) is 2.92. The molecule has 0 radical (unpaired) electrons. The number of anilines is 1. The maximum absolute atomic E-state index is 12.4. The Hall–Kier alpha value is -3.50. The summed E-state index contributed by atoms with van der Waals surface area (Å²) in [6, 6.07) is 14.2. The highest BCUT2D eigenvalue weighted by Crippen LogP contribution is 2.18. The van der Waals surface area contributed by atoms with Gasteiger partial charge in [0.05, 0.1) is 22.6 Å². The van der Waals surface area contributed by atoms with Crippen molar-refractivity contribution in [2.24, 2.45) is 0 Å². The monoisotopic (exact) mass is 401 g/mol. The molecule has 10 heteroatoms. The summed E-state index contributed by atoms with van der Waals surface area (Å²) >= 11 is 0. The molecular formula is C18H15N3O6S. The van der Waals surface area contributed by atoms with E-state index in [0.717, 1.165) is 6.07 Å². The average molecular weight is 401 g/mol. The van der Waals surface area contributed by atoms with Crippen LogP contribution in [0.25, 0.3) is 0 Å². The number of rotatable bonds is 7. The number of benzene rings is 2. The molecule has 1 amide bonds. The third-order valence-electron chi connectivity index (χ3n) is 3.74. The van der Waals surface area contributed by atoms with Crippen molar-refractivity contribution in [2.75, 3.05) is 5.32 Å². The molecule has 0 saturated carbocycles. The smallest absolute Gasteiger partial charge is 0.270 e. The molecule has 1 aromatic heterocycles. The Bertz CT molecular complexity index is 1110. The minimum Gasteiger partial charge on any atom is -0.468 e. The first-order valence-electron chi connectivity index (χ1n) is 8.03. The summed E-state index contributed by atoms with van der Waals surface area (Å²) in [4.78, 5) is 22.5. The number of sulfonamides is 1. The van der Waals surface area contributed by atoms with Crippen LogP contribution in [0.2, 0.25) is 0 Å². The fraction of sp³-hybridized carbons (Fsp3) is 0.0556. The largest absolute Gasteiger partial charge is 0.468 e. The molecule has 2 aromatic carbocycles. The fourth-order valence-corrected chi connectivity index (χ4v) is 3.41. The molecule has 0 saturated heterocycles. The van der Waals surface area contributed by atoms with E-state index in [4.69, 9.17) is 4.42 Å². The van der Waals surface area contributed by atoms with Crippen molar-refractivity contribution >= 4 is 27.3 Å². The summed E-state index contributed by atoms with van der Waals surface area (Å²) in [5.41, 5.74) is 0.0990. The van der Waals surface area contributed by atoms with Crippen molar-refractivity contribution in [2.45, 2.75) is 11.4 Å². The molecule has 144 valence electrons. The summed E-state index contributed by atoms with van der Waals surface area (Å²) in [5.74, 6) is -0.138. The van der Waals surface area contributed by atoms with E-state index in [1.165, 1.54) is 48.7 Å². The van der Waals surface area contributed by atoms with Crippen molar-refractivity contribution in [3.63, 3.8) is 0 Å². The lowest BCUT2D eigenvalue weighted by atomic mass is 10.2. The minimum atomic E-state index is -3.83. The normalized spacial score (nSPS) is 11.1. The summed E-state index contributed by atoms with van der Waals surface area (Å²) in [6.45, 7) is -0.0143. The SMILES string of the molecule is O=C(Nc1cccc(S(=O)(=O)NCc2ccco2)c1)c1cccc([N+](=O)[O-])c1. The molecule has 3 rings (SSSR count). The number of non-ortho nitro benzene ring substituents is 1. The van der Waals surface area contributed by atoms with Crippen LogP contribution in [0.1, 0.15) is 16.1 Å². The quantitative estimate of drug-likeness (QED) is 0.462. The Kier molecular flexibility index (Phi) is 5.52. The van der Waals surface area contributed by atoms with Gasteiger partial charge in [0.2, 0.25) is 10.0 Å². The second-order valence-electron chi connectivity index (χ2n) is 5.69. The van der Waals surface area contributed by atoms with E-state index in [1.54, 1.807) is 12.1 Å². The molecule has 0 aliphatic carbocycles. The molecule has 2 N–H and O–H groups in total. The fourth-order valence-electron chi connectivity index (χ4n) is 2.37. The number of nitrogens with one attached hydrogen (secondary N) is 2. The van der Waals surface area contributed by atoms with Crippen LogP contribution in [0.15, 0.2) is 76.2 Å². The molecule has 0 spiro atoms. The topological polar surface area (TPSA) is 132 Å². The second-order valence-corrected chi connectivity index (χ2v) is 7.46. The molecule has 0 aliphatic heterocycles. The van der Waals surface area contributed by atoms with Crippen LogP contribution in [0.4, 0.5) is 11.4 Å². The Labute approximate surface area is 160 Å². The van der Waals surface area contributed by atoms with Crippen LogP contribution in [0, 0.1) is 10.1 Å². The number of nitro benzene ring substituents is 1. The van der Waals surface area contributed by atoms with E-state index in [1.807, 2.05) is 0 Å². The molecule has 3 aromatic rings. The first-order chi connectivity index (χ1) is 13.3. The van der Waals surface area contributed by atoms with E-state index in [0.29, 0.717) is 5.76 Å². The molecule has 28 heavy (non-hydrogen) atoms. The predicted molar refractivity (Wildman–Crippen MR) is 100 cm³/mol. The van der Waals surface area contributed by atoms with Crippen LogP contribution in [0.3, 0.4) is 0 Å². The van der Waals surface area contributed by atoms with Crippen LogP contribution >= 0.6 is 0 Å². The molecule has 0 unspecified atom stereocenters. The molecule has 0 bridgehead atoms. The van der Waals surface area contributed by atoms with E-state index in [2.05, 4.69) is 10.0 Å². The summed E-state index contributed by atoms with van der Waals surface area (Å²) < 4.78 is 32.3. The van der Waals surface area contributed by atoms with Crippen LogP contribution in [-0.4, -0.2) is 19.2 Å². The number of hydrogen-bond donors (Lipinski definition) is 2. The lowest BCUT2D eigenvalue weighted by Gasteiger charge is -2.09. The number of amides is 1. The highest BCUT2D eigenvalue weighted by molar-refractivity contribution is 7.89. The average Bonchev–Trinajstić information content (AvgIpc) is 3.20. The number of nitro groups is 1. The van der Waals surface area contributed by atoms with E-state index >= 15 is 0 Å². The van der Waals surface area contributed by atoms with E-state index < -0.39 is 20.9 Å². The van der Waals surface area contributed by atoms with Crippen LogP contribution in [0.5, 0.6) is 0 Å². The van der Waals surface area contributed by atoms with Crippen molar-refractivity contribution in [1.82, 2.24) is 4.72 Å². The first kappa shape index (κ1) is 19.3. The Balaban J connectivity index is 1.74. The Morgan fingerprint density at radius 2 is 1.86 bits per heavy atom. The zero-order valence-corrected chi connectivity index (χ0v) is 15.2. The van der Waals surface area contributed by atoms with Gasteiger partial charge in [-0.1, -0.05) is 12.1 Å². The van der Waals surface area contributed by atoms with Crippen molar-refractivity contribution in [1.29, 1.82) is 0 Å². The number of nitrogens with zero attached hydrogens (tertiary/aromatic N) is 1. The molecule has 9 nitrogen and oxygen atoms in total. The van der Waals surface area contributed by atoms with Gasteiger partial charge in [-0.2, -0.15) is 0 Å². The van der Waals surface area contributed by atoms with E-state index in [-0.39, 0.29) is 28.4 Å². The van der Waals surface area contributed by atoms with Crippen molar-refractivity contribution in [3.8, 4) is 0 Å². The highest BCUT2D eigenvalue weighted by Gasteiger charge is 2.16. The van der Waals surface area contributed by atoms with Gasteiger partial charge in [0.25, 0.3) is 11.6 Å². The molecule has 0 fully saturated rings. The van der Waals surface area contributed by atoms with Crippen molar-refractivity contribution in [3.05, 3.63) is 88.4 Å². The molecule has 1 heterocycles. The summed E-state index contributed by atoms with van der Waals surface area (Å²) in [7, 11) is -3.83. The van der Waals surface area contributed by atoms with Gasteiger partial charge in [-0.15, -0.1) is 0 Å². The zero-order valence-electron chi connectivity index (χ0n) is 14.4. The van der Waals surface area contributed by atoms with Gasteiger partial charge in [0.1, 0.15) is 5.76 Å². The highest BCUT2D eigenvalue weighted by atomic mass is 32.2. The zero-order chi connectivity index (χ0) is 20.1. The van der Waals surface area contributed by atoms with Gasteiger partial charge in [0, 0.05) is 23.4 Å². The minimum absolute atomic E-state index is 0.0143. The van der Waals surface area contributed by atoms with Crippen molar-refractivity contribution < 1.29 is 22.6 Å². The molecular weight excluding hydrogens is 386 g/mol. The third-order valence-corrected chi connectivity index (χ3v) is 5.14. The number of furan rings is 1. The third kappa shape index (κ3) is 4.61. The maximum Gasteiger partial charge on any atom is 0.270 e. The summed E-state index contributed by atoms with van der Waals surface area (Å²) in [6.07, 6.45) is 1.44. The molecule has 0 aliphatic rings. The van der Waals surface area contributed by atoms with Gasteiger partial charge in [-0.25, -0.2) is 13.1 Å². The molecule has 0 atom stereocenters. The lowest BCUT2D eigenvalue weighted by Crippen LogP contribution is -2.23. The lowest BCUT2D eigenvalue weighted by molar-refractivity contribution is -0.384. The van der Waals surface area contributed by atoms with Gasteiger partial charge < -0.3 is 9.73 Å². The van der Waals surface area contributed by atoms with Gasteiger partial charge in [0.15, 0.2) is 0 Å².